The Bertz CT molecular complexity index is 774. The highest BCUT2D eigenvalue weighted by Gasteiger charge is 2.26. The first kappa shape index (κ1) is 17.3. The van der Waals surface area contributed by atoms with Crippen LogP contribution in [0.1, 0.15) is 58.3 Å². The minimum absolute atomic E-state index is 0.108. The second-order valence-corrected chi connectivity index (χ2v) is 6.19. The maximum absolute atomic E-state index is 12.6. The van der Waals surface area contributed by atoms with Crippen molar-refractivity contribution in [2.24, 2.45) is 0 Å². The SMILES string of the molecule is CCOC(=O)c1cc2c(n1Cc1ccc(OC)cc1)C(=O)CCCC2. The van der Waals surface area contributed by atoms with Gasteiger partial charge in [-0.2, -0.15) is 0 Å². The molecule has 1 aliphatic carbocycles. The Morgan fingerprint density at radius 1 is 1.16 bits per heavy atom. The lowest BCUT2D eigenvalue weighted by Crippen LogP contribution is -2.17. The minimum atomic E-state index is -0.378. The number of hydrogen-bond acceptors (Lipinski definition) is 4. The normalized spacial score (nSPS) is 13.9. The molecule has 25 heavy (non-hydrogen) atoms. The van der Waals surface area contributed by atoms with Crippen molar-refractivity contribution in [1.82, 2.24) is 4.57 Å². The van der Waals surface area contributed by atoms with Gasteiger partial charge in [0.25, 0.3) is 0 Å². The van der Waals surface area contributed by atoms with Crippen LogP contribution in [0.4, 0.5) is 0 Å². The Kier molecular flexibility index (Phi) is 5.22. The third-order valence-corrected chi connectivity index (χ3v) is 4.52. The first-order valence-electron chi connectivity index (χ1n) is 8.69. The molecular weight excluding hydrogens is 318 g/mol. The van der Waals surface area contributed by atoms with Gasteiger partial charge in [-0.25, -0.2) is 4.79 Å². The smallest absolute Gasteiger partial charge is 0.354 e. The maximum Gasteiger partial charge on any atom is 0.354 e. The first-order chi connectivity index (χ1) is 12.1. The van der Waals surface area contributed by atoms with Crippen molar-refractivity contribution >= 4 is 11.8 Å². The zero-order valence-electron chi connectivity index (χ0n) is 14.7. The molecule has 0 spiro atoms. The number of hydrogen-bond donors (Lipinski definition) is 0. The molecule has 132 valence electrons. The van der Waals surface area contributed by atoms with E-state index in [4.69, 9.17) is 9.47 Å². The number of benzene rings is 1. The molecule has 0 bridgehead atoms. The van der Waals surface area contributed by atoms with Gasteiger partial charge in [0.15, 0.2) is 5.78 Å². The van der Waals surface area contributed by atoms with Crippen molar-refractivity contribution in [2.75, 3.05) is 13.7 Å². The average molecular weight is 341 g/mol. The molecule has 0 atom stereocenters. The van der Waals surface area contributed by atoms with Crippen molar-refractivity contribution < 1.29 is 19.1 Å². The number of nitrogens with zero attached hydrogens (tertiary/aromatic N) is 1. The molecule has 0 saturated carbocycles. The van der Waals surface area contributed by atoms with E-state index in [9.17, 15) is 9.59 Å². The Morgan fingerprint density at radius 2 is 1.88 bits per heavy atom. The van der Waals surface area contributed by atoms with Gasteiger partial charge in [0.05, 0.1) is 19.4 Å². The van der Waals surface area contributed by atoms with E-state index >= 15 is 0 Å². The first-order valence-corrected chi connectivity index (χ1v) is 8.69. The Balaban J connectivity index is 2.03. The topological polar surface area (TPSA) is 57.5 Å². The number of carbonyl (C=O) groups is 2. The molecule has 1 aromatic heterocycles. The number of ether oxygens (including phenoxy) is 2. The lowest BCUT2D eigenvalue weighted by Gasteiger charge is -2.13. The predicted octanol–water partition coefficient (Wildman–Crippen LogP) is 3.63. The predicted molar refractivity (Wildman–Crippen MR) is 94.4 cm³/mol. The van der Waals surface area contributed by atoms with E-state index in [1.165, 1.54) is 0 Å². The van der Waals surface area contributed by atoms with E-state index in [1.807, 2.05) is 34.9 Å². The van der Waals surface area contributed by atoms with Crippen molar-refractivity contribution in [2.45, 2.75) is 39.2 Å². The van der Waals surface area contributed by atoms with Gasteiger partial charge in [-0.1, -0.05) is 12.1 Å². The van der Waals surface area contributed by atoms with E-state index in [1.54, 1.807) is 14.0 Å². The number of esters is 1. The highest BCUT2D eigenvalue weighted by atomic mass is 16.5. The van der Waals surface area contributed by atoms with Gasteiger partial charge < -0.3 is 14.0 Å². The molecule has 0 saturated heterocycles. The molecule has 0 radical (unpaired) electrons. The third kappa shape index (κ3) is 3.60. The summed E-state index contributed by atoms with van der Waals surface area (Å²) in [4.78, 5) is 25.0. The number of Topliss-reactive ketones (excluding diaryl/α,β-unsaturated/α-hetero) is 1. The van der Waals surface area contributed by atoms with E-state index in [2.05, 4.69) is 0 Å². The Labute approximate surface area is 147 Å². The van der Waals surface area contributed by atoms with Gasteiger partial charge in [0.1, 0.15) is 11.4 Å². The number of fused-ring (bicyclic) bond motifs is 1. The Hall–Kier alpha value is -2.56. The molecule has 5 nitrogen and oxygen atoms in total. The fraction of sp³-hybridized carbons (Fsp3) is 0.400. The number of aryl methyl sites for hydroxylation is 1. The summed E-state index contributed by atoms with van der Waals surface area (Å²) in [6, 6.07) is 9.48. The number of carbonyl (C=O) groups excluding carboxylic acids is 2. The van der Waals surface area contributed by atoms with Gasteiger partial charge in [-0.05, 0) is 55.5 Å². The quantitative estimate of drug-likeness (QED) is 0.615. The van der Waals surface area contributed by atoms with Crippen LogP contribution in [0.3, 0.4) is 0 Å². The number of methoxy groups -OCH3 is 1. The maximum atomic E-state index is 12.6. The summed E-state index contributed by atoms with van der Waals surface area (Å²) < 4.78 is 12.2. The van der Waals surface area contributed by atoms with Crippen LogP contribution in [-0.2, 0) is 17.7 Å². The molecular formula is C20H23NO4. The van der Waals surface area contributed by atoms with Crippen molar-refractivity contribution in [3.8, 4) is 5.75 Å². The second-order valence-electron chi connectivity index (χ2n) is 6.19. The monoisotopic (exact) mass is 341 g/mol. The van der Waals surface area contributed by atoms with Crippen LogP contribution >= 0.6 is 0 Å². The molecule has 0 amide bonds. The molecule has 1 heterocycles. The molecule has 2 aromatic rings. The molecule has 1 aliphatic rings. The fourth-order valence-corrected chi connectivity index (χ4v) is 3.30. The summed E-state index contributed by atoms with van der Waals surface area (Å²) in [6.45, 7) is 2.55. The van der Waals surface area contributed by atoms with Crippen molar-refractivity contribution in [1.29, 1.82) is 0 Å². The summed E-state index contributed by atoms with van der Waals surface area (Å²) >= 11 is 0. The second kappa shape index (κ2) is 7.55. The lowest BCUT2D eigenvalue weighted by molar-refractivity contribution is 0.0514. The van der Waals surface area contributed by atoms with E-state index < -0.39 is 0 Å². The van der Waals surface area contributed by atoms with Crippen LogP contribution in [-0.4, -0.2) is 30.0 Å². The summed E-state index contributed by atoms with van der Waals surface area (Å²) in [5.74, 6) is 0.505. The summed E-state index contributed by atoms with van der Waals surface area (Å²) in [5.41, 5.74) is 3.08. The van der Waals surface area contributed by atoms with Crippen LogP contribution in [0, 0.1) is 0 Å². The van der Waals surface area contributed by atoms with Crippen LogP contribution in [0.2, 0.25) is 0 Å². The van der Waals surface area contributed by atoms with Gasteiger partial charge >= 0.3 is 5.97 Å². The zero-order chi connectivity index (χ0) is 17.8. The van der Waals surface area contributed by atoms with Gasteiger partial charge in [-0.3, -0.25) is 4.79 Å². The van der Waals surface area contributed by atoms with Gasteiger partial charge in [0, 0.05) is 13.0 Å². The standard InChI is InChI=1S/C20H23NO4/c1-3-25-20(23)17-12-15-6-4-5-7-18(22)19(15)21(17)13-14-8-10-16(24-2)11-9-14/h8-12H,3-7,13H2,1-2H3. The molecule has 0 fully saturated rings. The van der Waals surface area contributed by atoms with Crippen LogP contribution < -0.4 is 4.74 Å². The molecule has 0 aliphatic heterocycles. The number of aromatic nitrogens is 1. The molecule has 5 heteroatoms. The zero-order valence-corrected chi connectivity index (χ0v) is 14.7. The summed E-state index contributed by atoms with van der Waals surface area (Å²) in [7, 11) is 1.62. The van der Waals surface area contributed by atoms with E-state index in [0.29, 0.717) is 31.0 Å². The van der Waals surface area contributed by atoms with Crippen LogP contribution in [0.25, 0.3) is 0 Å². The number of rotatable bonds is 5. The summed E-state index contributed by atoms with van der Waals surface area (Å²) in [6.07, 6.45) is 3.21. The molecule has 3 rings (SSSR count). The largest absolute Gasteiger partial charge is 0.497 e. The van der Waals surface area contributed by atoms with Crippen molar-refractivity contribution in [3.63, 3.8) is 0 Å². The Morgan fingerprint density at radius 3 is 2.56 bits per heavy atom. The van der Waals surface area contributed by atoms with E-state index in [0.717, 1.165) is 36.1 Å². The van der Waals surface area contributed by atoms with Gasteiger partial charge in [-0.15, -0.1) is 0 Å². The van der Waals surface area contributed by atoms with Gasteiger partial charge in [0.2, 0.25) is 0 Å². The third-order valence-electron chi connectivity index (χ3n) is 4.52. The van der Waals surface area contributed by atoms with Crippen LogP contribution in [0.5, 0.6) is 5.75 Å². The minimum Gasteiger partial charge on any atom is -0.497 e. The number of ketones is 1. The lowest BCUT2D eigenvalue weighted by atomic mass is 10.1. The van der Waals surface area contributed by atoms with E-state index in [-0.39, 0.29) is 11.8 Å². The summed E-state index contributed by atoms with van der Waals surface area (Å²) in [5, 5.41) is 0. The van der Waals surface area contributed by atoms with Crippen LogP contribution in [0.15, 0.2) is 30.3 Å². The molecule has 0 N–H and O–H groups in total. The highest BCUT2D eigenvalue weighted by Crippen LogP contribution is 2.26. The van der Waals surface area contributed by atoms with Crippen molar-refractivity contribution in [3.05, 3.63) is 52.8 Å². The average Bonchev–Trinajstić information content (AvgIpc) is 2.87. The highest BCUT2D eigenvalue weighted by molar-refractivity contribution is 5.99. The molecule has 1 aromatic carbocycles. The fourth-order valence-electron chi connectivity index (χ4n) is 3.30. The molecule has 0 unspecified atom stereocenters.